The summed E-state index contributed by atoms with van der Waals surface area (Å²) in [6.45, 7) is 0.243. The third-order valence-electron chi connectivity index (χ3n) is 5.76. The molecule has 12 heteroatoms. The number of carboxylic acid groups (broad SMARTS) is 1. The first-order valence-corrected chi connectivity index (χ1v) is 12.3. The standard InChI is InChI=1S/C27H18Cl2F2N4O4/c28-17-7-16(8-18(29)9-17)21-12-23(27-33-22-10-19(30)20(31)11-24(22)39-27)35(34-21)13-14-1-3-15(4-2-14)26(38)32-6-5-25(36)37/h1-4,7-12H,5-6,13H2,(H,32,38)(H,36,37). The smallest absolute Gasteiger partial charge is 0.305 e. The van der Waals surface area contributed by atoms with Crippen molar-refractivity contribution in [3.05, 3.63) is 93.5 Å². The molecule has 2 N–H and O–H groups in total. The molecule has 0 saturated heterocycles. The zero-order chi connectivity index (χ0) is 27.7. The highest BCUT2D eigenvalue weighted by Crippen LogP contribution is 2.32. The second-order valence-electron chi connectivity index (χ2n) is 8.58. The number of fused-ring (bicyclic) bond motifs is 1. The highest BCUT2D eigenvalue weighted by atomic mass is 35.5. The maximum absolute atomic E-state index is 13.8. The van der Waals surface area contributed by atoms with Crippen LogP contribution in [0.25, 0.3) is 33.9 Å². The fourth-order valence-corrected chi connectivity index (χ4v) is 4.43. The lowest BCUT2D eigenvalue weighted by atomic mass is 10.1. The van der Waals surface area contributed by atoms with E-state index in [1.54, 1.807) is 53.2 Å². The Balaban J connectivity index is 1.49. The maximum atomic E-state index is 13.8. The van der Waals surface area contributed by atoms with Gasteiger partial charge in [0.25, 0.3) is 5.91 Å². The summed E-state index contributed by atoms with van der Waals surface area (Å²) in [4.78, 5) is 27.2. The molecule has 3 aromatic carbocycles. The van der Waals surface area contributed by atoms with Crippen LogP contribution in [-0.4, -0.2) is 38.3 Å². The number of carbonyl (C=O) groups is 2. The van der Waals surface area contributed by atoms with Crippen LogP contribution >= 0.6 is 23.2 Å². The summed E-state index contributed by atoms with van der Waals surface area (Å²) in [6, 6.07) is 15.2. The Bertz CT molecular complexity index is 1660. The molecule has 8 nitrogen and oxygen atoms in total. The average Bonchev–Trinajstić information content (AvgIpc) is 3.48. The molecule has 2 aromatic heterocycles. The van der Waals surface area contributed by atoms with E-state index in [1.807, 2.05) is 0 Å². The Morgan fingerprint density at radius 1 is 0.974 bits per heavy atom. The predicted molar refractivity (Wildman–Crippen MR) is 141 cm³/mol. The van der Waals surface area contributed by atoms with Crippen molar-refractivity contribution in [2.75, 3.05) is 6.54 Å². The van der Waals surface area contributed by atoms with Crippen LogP contribution in [0.1, 0.15) is 22.3 Å². The first-order valence-electron chi connectivity index (χ1n) is 11.6. The number of nitrogens with zero attached hydrogens (tertiary/aromatic N) is 3. The van der Waals surface area contributed by atoms with Crippen LogP contribution in [0.15, 0.2) is 65.1 Å². The number of hydrogen-bond donors (Lipinski definition) is 2. The fraction of sp³-hybridized carbons (Fsp3) is 0.111. The van der Waals surface area contributed by atoms with Crippen LogP contribution in [0.4, 0.5) is 8.78 Å². The number of oxazole rings is 1. The molecule has 2 heterocycles. The molecule has 1 amide bonds. The summed E-state index contributed by atoms with van der Waals surface area (Å²) >= 11 is 12.4. The zero-order valence-corrected chi connectivity index (χ0v) is 21.4. The molecule has 198 valence electrons. The lowest BCUT2D eigenvalue weighted by molar-refractivity contribution is -0.136. The van der Waals surface area contributed by atoms with Crippen molar-refractivity contribution >= 4 is 46.2 Å². The van der Waals surface area contributed by atoms with E-state index >= 15 is 0 Å². The van der Waals surface area contributed by atoms with Crippen LogP contribution in [-0.2, 0) is 11.3 Å². The van der Waals surface area contributed by atoms with Gasteiger partial charge in [0.05, 0.1) is 18.7 Å². The van der Waals surface area contributed by atoms with Gasteiger partial charge in [0.1, 0.15) is 11.2 Å². The molecule has 5 rings (SSSR count). The van der Waals surface area contributed by atoms with E-state index in [0.29, 0.717) is 32.6 Å². The van der Waals surface area contributed by atoms with Gasteiger partial charge in [-0.2, -0.15) is 5.10 Å². The van der Waals surface area contributed by atoms with Crippen molar-refractivity contribution in [2.24, 2.45) is 0 Å². The molecule has 0 radical (unpaired) electrons. The molecule has 5 aromatic rings. The molecule has 39 heavy (non-hydrogen) atoms. The highest BCUT2D eigenvalue weighted by Gasteiger charge is 2.19. The Labute approximate surface area is 229 Å². The third-order valence-corrected chi connectivity index (χ3v) is 6.20. The molecule has 0 saturated carbocycles. The van der Waals surface area contributed by atoms with Gasteiger partial charge >= 0.3 is 5.97 Å². The third kappa shape index (κ3) is 5.92. The topological polar surface area (TPSA) is 110 Å². The number of carboxylic acids is 1. The van der Waals surface area contributed by atoms with Crippen LogP contribution in [0, 0.1) is 11.6 Å². The SMILES string of the molecule is O=C(O)CCNC(=O)c1ccc(Cn2nc(-c3cc(Cl)cc(Cl)c3)cc2-c2nc3cc(F)c(F)cc3o2)cc1. The van der Waals surface area contributed by atoms with Gasteiger partial charge in [0, 0.05) is 39.8 Å². The van der Waals surface area contributed by atoms with Gasteiger partial charge in [0.2, 0.25) is 5.89 Å². The first-order chi connectivity index (χ1) is 18.7. The van der Waals surface area contributed by atoms with E-state index in [-0.39, 0.29) is 36.5 Å². The van der Waals surface area contributed by atoms with Crippen molar-refractivity contribution in [3.8, 4) is 22.8 Å². The number of halogens is 4. The van der Waals surface area contributed by atoms with E-state index in [2.05, 4.69) is 15.4 Å². The Morgan fingerprint density at radius 2 is 1.67 bits per heavy atom. The summed E-state index contributed by atoms with van der Waals surface area (Å²) in [5.74, 6) is -3.41. The monoisotopic (exact) mass is 570 g/mol. The van der Waals surface area contributed by atoms with Gasteiger partial charge < -0.3 is 14.8 Å². The first kappa shape index (κ1) is 26.3. The number of carbonyl (C=O) groups excluding carboxylic acids is 1. The molecule has 0 atom stereocenters. The van der Waals surface area contributed by atoms with Gasteiger partial charge in [-0.05, 0) is 42.0 Å². The lowest BCUT2D eigenvalue weighted by Gasteiger charge is -2.07. The summed E-state index contributed by atoms with van der Waals surface area (Å²) in [5.41, 5.74) is 2.91. The normalized spacial score (nSPS) is 11.2. The molecule has 0 aliphatic heterocycles. The van der Waals surface area contributed by atoms with Crippen molar-refractivity contribution in [2.45, 2.75) is 13.0 Å². The number of aromatic nitrogens is 3. The summed E-state index contributed by atoms with van der Waals surface area (Å²) in [6.07, 6.45) is -0.179. The van der Waals surface area contributed by atoms with Crippen molar-refractivity contribution < 1.29 is 27.9 Å². The van der Waals surface area contributed by atoms with Crippen molar-refractivity contribution in [1.29, 1.82) is 0 Å². The summed E-state index contributed by atoms with van der Waals surface area (Å²) < 4.78 is 34.9. The number of benzene rings is 3. The zero-order valence-electron chi connectivity index (χ0n) is 19.9. The summed E-state index contributed by atoms with van der Waals surface area (Å²) in [7, 11) is 0. The Morgan fingerprint density at radius 3 is 2.36 bits per heavy atom. The number of nitrogens with one attached hydrogen (secondary N) is 1. The van der Waals surface area contributed by atoms with Gasteiger partial charge in [-0.1, -0.05) is 35.3 Å². The van der Waals surface area contributed by atoms with Crippen LogP contribution < -0.4 is 5.32 Å². The average molecular weight is 571 g/mol. The Kier molecular flexibility index (Phi) is 7.32. The van der Waals surface area contributed by atoms with Crippen molar-refractivity contribution in [3.63, 3.8) is 0 Å². The Hall–Kier alpha value is -4.28. The van der Waals surface area contributed by atoms with Crippen molar-refractivity contribution in [1.82, 2.24) is 20.1 Å². The molecular weight excluding hydrogens is 553 g/mol. The lowest BCUT2D eigenvalue weighted by Crippen LogP contribution is -2.25. The summed E-state index contributed by atoms with van der Waals surface area (Å²) in [5, 5.41) is 16.8. The van der Waals surface area contributed by atoms with E-state index < -0.39 is 23.5 Å². The molecule has 0 aliphatic carbocycles. The van der Waals surface area contributed by atoms with Gasteiger partial charge in [0.15, 0.2) is 17.2 Å². The number of hydrogen-bond acceptors (Lipinski definition) is 5. The van der Waals surface area contributed by atoms with E-state index in [9.17, 15) is 18.4 Å². The number of rotatable bonds is 8. The molecule has 0 spiro atoms. The minimum atomic E-state index is -1.06. The number of aliphatic carboxylic acids is 1. The highest BCUT2D eigenvalue weighted by molar-refractivity contribution is 6.35. The van der Waals surface area contributed by atoms with Crippen LogP contribution in [0.5, 0.6) is 0 Å². The molecule has 0 aliphatic rings. The predicted octanol–water partition coefficient (Wildman–Crippen LogP) is 6.20. The van der Waals surface area contributed by atoms with E-state index in [1.165, 1.54) is 0 Å². The van der Waals surface area contributed by atoms with Gasteiger partial charge in [-0.25, -0.2) is 13.8 Å². The van der Waals surface area contributed by atoms with Crippen LogP contribution in [0.3, 0.4) is 0 Å². The fourth-order valence-electron chi connectivity index (χ4n) is 3.90. The van der Waals surface area contributed by atoms with E-state index in [4.69, 9.17) is 32.7 Å². The second kappa shape index (κ2) is 10.8. The van der Waals surface area contributed by atoms with Crippen LogP contribution in [0.2, 0.25) is 10.0 Å². The largest absolute Gasteiger partial charge is 0.481 e. The van der Waals surface area contributed by atoms with Gasteiger partial charge in [-0.15, -0.1) is 0 Å². The molecule has 0 unspecified atom stereocenters. The van der Waals surface area contributed by atoms with Gasteiger partial charge in [-0.3, -0.25) is 14.3 Å². The molecule has 0 bridgehead atoms. The quantitative estimate of drug-likeness (QED) is 0.230. The minimum Gasteiger partial charge on any atom is -0.481 e. The maximum Gasteiger partial charge on any atom is 0.305 e. The molecule has 0 fully saturated rings. The number of amides is 1. The second-order valence-corrected chi connectivity index (χ2v) is 9.45. The molecular formula is C27H18Cl2F2N4O4. The minimum absolute atomic E-state index is 0.0150. The van der Waals surface area contributed by atoms with E-state index in [0.717, 1.165) is 17.7 Å².